The highest BCUT2D eigenvalue weighted by atomic mass is 32.2. The Hall–Kier alpha value is -3.46. The van der Waals surface area contributed by atoms with Gasteiger partial charge in [-0.1, -0.05) is 29.1 Å². The highest BCUT2D eigenvalue weighted by molar-refractivity contribution is 8.01. The van der Waals surface area contributed by atoms with E-state index < -0.39 is 35.2 Å². The molecule has 0 spiro atoms. The topological polar surface area (TPSA) is 191 Å². The third-order valence-electron chi connectivity index (χ3n) is 4.81. The fourth-order valence-corrected chi connectivity index (χ4v) is 5.53. The maximum Gasteiger partial charge on any atom is 0.352 e. The van der Waals surface area contributed by atoms with Gasteiger partial charge in [0.05, 0.1) is 0 Å². The SMILES string of the molecule is O=NC(C(=O)NC1C(=O)N2C(C(=O)O)=C(CSc3nn[nH]n3)CS[C@@H]12)c1ccc(O)cc1. The number of carbonyl (C=O) groups excluding carboxylic acids is 2. The molecule has 2 aliphatic rings. The second-order valence-corrected chi connectivity index (χ2v) is 8.78. The Morgan fingerprint density at radius 3 is 2.75 bits per heavy atom. The van der Waals surface area contributed by atoms with Crippen LogP contribution in [0.15, 0.2) is 45.9 Å². The standard InChI is InChI=1S/C17H15N7O6S2/c25-9-3-1-7(2-4-9)10(21-30)13(26)18-11-14(27)24-12(16(28)29)8(5-31-15(11)24)6-32-17-19-22-23-20-17/h1-4,10-11,15,25H,5-6H2,(H,18,26)(H,28,29)(H,19,20,22,23)/t10?,11?,15-/m0/s1. The van der Waals surface area contributed by atoms with Crippen LogP contribution in [0.1, 0.15) is 11.6 Å². The molecular formula is C17H15N7O6S2. The zero-order valence-corrected chi connectivity index (χ0v) is 17.7. The van der Waals surface area contributed by atoms with E-state index in [1.54, 1.807) is 0 Å². The van der Waals surface area contributed by atoms with Gasteiger partial charge >= 0.3 is 5.97 Å². The number of phenols is 1. The molecule has 4 N–H and O–H groups in total. The first-order chi connectivity index (χ1) is 15.4. The molecule has 0 aliphatic carbocycles. The second-order valence-electron chi connectivity index (χ2n) is 6.74. The molecule has 0 bridgehead atoms. The number of aliphatic carboxylic acids is 1. The highest BCUT2D eigenvalue weighted by Crippen LogP contribution is 2.41. The van der Waals surface area contributed by atoms with Gasteiger partial charge in [-0.25, -0.2) is 4.79 Å². The summed E-state index contributed by atoms with van der Waals surface area (Å²) in [7, 11) is 0. The zero-order chi connectivity index (χ0) is 22.8. The summed E-state index contributed by atoms with van der Waals surface area (Å²) >= 11 is 2.48. The summed E-state index contributed by atoms with van der Waals surface area (Å²) in [6.07, 6.45) is 0. The molecule has 1 aromatic heterocycles. The van der Waals surface area contributed by atoms with E-state index in [1.165, 1.54) is 47.8 Å². The Morgan fingerprint density at radius 1 is 1.38 bits per heavy atom. The van der Waals surface area contributed by atoms with Crippen LogP contribution in [0.3, 0.4) is 0 Å². The van der Waals surface area contributed by atoms with Crippen LogP contribution in [0.25, 0.3) is 0 Å². The van der Waals surface area contributed by atoms with Crippen molar-refractivity contribution in [2.45, 2.75) is 22.6 Å². The van der Waals surface area contributed by atoms with E-state index in [4.69, 9.17) is 0 Å². The van der Waals surface area contributed by atoms with E-state index in [1.807, 2.05) is 0 Å². The molecule has 32 heavy (non-hydrogen) atoms. The maximum atomic E-state index is 12.7. The number of hydrogen-bond acceptors (Lipinski definition) is 11. The summed E-state index contributed by atoms with van der Waals surface area (Å²) < 4.78 is 0. The predicted molar refractivity (Wildman–Crippen MR) is 111 cm³/mol. The van der Waals surface area contributed by atoms with Crippen molar-refractivity contribution in [1.29, 1.82) is 0 Å². The molecule has 1 saturated heterocycles. The minimum Gasteiger partial charge on any atom is -0.508 e. The first-order valence-electron chi connectivity index (χ1n) is 9.08. The van der Waals surface area contributed by atoms with Crippen molar-refractivity contribution < 1.29 is 24.6 Å². The van der Waals surface area contributed by atoms with Crippen LogP contribution >= 0.6 is 23.5 Å². The molecule has 2 unspecified atom stereocenters. The number of fused-ring (bicyclic) bond motifs is 1. The molecule has 166 valence electrons. The number of amides is 2. The fraction of sp³-hybridized carbons (Fsp3) is 0.294. The number of aromatic hydroxyl groups is 1. The van der Waals surface area contributed by atoms with E-state index in [2.05, 4.69) is 31.1 Å². The summed E-state index contributed by atoms with van der Waals surface area (Å²) in [5.74, 6) is -2.11. The monoisotopic (exact) mass is 477 g/mol. The molecule has 0 saturated carbocycles. The number of rotatable bonds is 8. The van der Waals surface area contributed by atoms with E-state index in [0.717, 1.165) is 4.90 Å². The van der Waals surface area contributed by atoms with Crippen LogP contribution < -0.4 is 5.32 Å². The highest BCUT2D eigenvalue weighted by Gasteiger charge is 2.54. The lowest BCUT2D eigenvalue weighted by Gasteiger charge is -2.49. The van der Waals surface area contributed by atoms with Gasteiger partial charge in [0, 0.05) is 11.5 Å². The second kappa shape index (κ2) is 8.96. The Bertz CT molecular complexity index is 1090. The molecule has 0 radical (unpaired) electrons. The van der Waals surface area contributed by atoms with Gasteiger partial charge in [-0.2, -0.15) is 5.21 Å². The van der Waals surface area contributed by atoms with Crippen molar-refractivity contribution in [1.82, 2.24) is 30.8 Å². The summed E-state index contributed by atoms with van der Waals surface area (Å²) in [5, 5.41) is 37.4. The summed E-state index contributed by atoms with van der Waals surface area (Å²) in [4.78, 5) is 49.6. The fourth-order valence-electron chi connectivity index (χ4n) is 3.31. The van der Waals surface area contributed by atoms with E-state index >= 15 is 0 Å². The van der Waals surface area contributed by atoms with Crippen LogP contribution in [0.5, 0.6) is 5.75 Å². The van der Waals surface area contributed by atoms with E-state index in [-0.39, 0.29) is 22.8 Å². The number of carbonyl (C=O) groups is 3. The predicted octanol–water partition coefficient (Wildman–Crippen LogP) is 0.244. The van der Waals surface area contributed by atoms with Gasteiger partial charge in [0.25, 0.3) is 11.8 Å². The van der Waals surface area contributed by atoms with Gasteiger partial charge in [-0.05, 0) is 28.5 Å². The third-order valence-corrected chi connectivity index (χ3v) is 7.08. The van der Waals surface area contributed by atoms with Crippen molar-refractivity contribution in [3.63, 3.8) is 0 Å². The molecule has 4 rings (SSSR count). The molecule has 3 heterocycles. The Kier molecular flexibility index (Phi) is 6.09. The quantitative estimate of drug-likeness (QED) is 0.231. The minimum absolute atomic E-state index is 0.0384. The number of nitrogens with zero attached hydrogens (tertiary/aromatic N) is 5. The number of thioether (sulfide) groups is 2. The average molecular weight is 477 g/mol. The minimum atomic E-state index is -1.41. The number of aromatic nitrogens is 4. The lowest BCUT2D eigenvalue weighted by molar-refractivity contribution is -0.150. The number of carboxylic acid groups (broad SMARTS) is 1. The van der Waals surface area contributed by atoms with E-state index in [0.29, 0.717) is 16.5 Å². The average Bonchev–Trinajstić information content (AvgIpc) is 3.30. The van der Waals surface area contributed by atoms with Gasteiger partial charge in [0.1, 0.15) is 22.9 Å². The van der Waals surface area contributed by atoms with Gasteiger partial charge in [-0.15, -0.1) is 26.9 Å². The molecule has 1 fully saturated rings. The van der Waals surface area contributed by atoms with Gasteiger partial charge in [0.2, 0.25) is 5.16 Å². The number of H-pyrrole nitrogens is 1. The molecular weight excluding hydrogens is 462 g/mol. The van der Waals surface area contributed by atoms with Crippen LogP contribution in [0.2, 0.25) is 0 Å². The zero-order valence-electron chi connectivity index (χ0n) is 16.0. The van der Waals surface area contributed by atoms with Crippen molar-refractivity contribution in [2.75, 3.05) is 11.5 Å². The molecule has 1 aromatic carbocycles. The van der Waals surface area contributed by atoms with Gasteiger partial charge < -0.3 is 15.5 Å². The largest absolute Gasteiger partial charge is 0.508 e. The first kappa shape index (κ1) is 21.8. The normalized spacial score (nSPS) is 20.9. The number of β-lactam (4-membered cyclic amide) rings is 1. The molecule has 2 amide bonds. The summed E-state index contributed by atoms with van der Waals surface area (Å²) in [5.41, 5.74) is 0.633. The molecule has 2 aromatic rings. The van der Waals surface area contributed by atoms with Crippen molar-refractivity contribution in [3.8, 4) is 5.75 Å². The number of nitroso groups, excluding NO2 is 1. The van der Waals surface area contributed by atoms with E-state index in [9.17, 15) is 29.5 Å². The Balaban J connectivity index is 1.47. The number of benzene rings is 1. The summed E-state index contributed by atoms with van der Waals surface area (Å²) in [6, 6.07) is 2.98. The number of nitrogens with one attached hydrogen (secondary N) is 2. The van der Waals surface area contributed by atoms with Crippen molar-refractivity contribution in [3.05, 3.63) is 46.0 Å². The smallest absolute Gasteiger partial charge is 0.352 e. The number of carboxylic acids is 1. The van der Waals surface area contributed by atoms with Gasteiger partial charge in [-0.3, -0.25) is 14.5 Å². The summed E-state index contributed by atoms with van der Waals surface area (Å²) in [6.45, 7) is 0. The third kappa shape index (κ3) is 4.03. The lowest BCUT2D eigenvalue weighted by Crippen LogP contribution is -2.70. The van der Waals surface area contributed by atoms with Crippen molar-refractivity contribution >= 4 is 41.3 Å². The molecule has 13 nitrogen and oxygen atoms in total. The Morgan fingerprint density at radius 2 is 2.12 bits per heavy atom. The molecule has 3 atom stereocenters. The van der Waals surface area contributed by atoms with Crippen LogP contribution in [-0.4, -0.2) is 76.4 Å². The number of hydrogen-bond donors (Lipinski definition) is 4. The van der Waals surface area contributed by atoms with Crippen molar-refractivity contribution in [2.24, 2.45) is 5.18 Å². The number of phenolic OH excluding ortho intramolecular Hbond substituents is 1. The Labute approximate surface area is 188 Å². The lowest BCUT2D eigenvalue weighted by atomic mass is 10.0. The number of aromatic amines is 1. The first-order valence-corrected chi connectivity index (χ1v) is 11.1. The van der Waals surface area contributed by atoms with Crippen LogP contribution in [0, 0.1) is 4.91 Å². The van der Waals surface area contributed by atoms with Crippen LogP contribution in [-0.2, 0) is 14.4 Å². The maximum absolute atomic E-state index is 12.7. The van der Waals surface area contributed by atoms with Gasteiger partial charge in [0.15, 0.2) is 6.04 Å². The molecule has 2 aliphatic heterocycles. The number of tetrazole rings is 1. The van der Waals surface area contributed by atoms with Crippen LogP contribution in [0.4, 0.5) is 0 Å². The molecule has 15 heteroatoms.